The number of hydrogen-bond donors (Lipinski definition) is 2. The maximum atomic E-state index is 11.4. The van der Waals surface area contributed by atoms with Gasteiger partial charge in [0, 0.05) is 24.9 Å². The summed E-state index contributed by atoms with van der Waals surface area (Å²) in [7, 11) is 1.61. The van der Waals surface area contributed by atoms with E-state index in [4.69, 9.17) is 4.74 Å². The van der Waals surface area contributed by atoms with E-state index in [9.17, 15) is 4.79 Å². The number of methoxy groups -OCH3 is 1. The van der Waals surface area contributed by atoms with Gasteiger partial charge in [-0.05, 0) is 42.8 Å². The maximum Gasteiger partial charge on any atom is 0.222 e. The largest absolute Gasteiger partial charge is 0.495 e. The Bertz CT molecular complexity index is 1170. The van der Waals surface area contributed by atoms with E-state index in [0.29, 0.717) is 11.6 Å². The molecule has 0 aliphatic carbocycles. The van der Waals surface area contributed by atoms with Crippen LogP contribution in [0, 0.1) is 6.92 Å². The fourth-order valence-corrected chi connectivity index (χ4v) is 3.16. The van der Waals surface area contributed by atoms with Crippen LogP contribution >= 0.6 is 0 Å². The standard InChI is InChI=1S/C21H19N5O2/c1-12-6-8-23-21-18(16-5-4-15(28-3)11-24-16)20(26-19(12)21)14-7-9-22-17(10-14)25-13(2)27/h4-11,26H,1-3H3,(H,22,25,27). The lowest BCUT2D eigenvalue weighted by Gasteiger charge is -2.07. The second-order valence-electron chi connectivity index (χ2n) is 6.42. The van der Waals surface area contributed by atoms with E-state index >= 15 is 0 Å². The molecule has 7 heteroatoms. The van der Waals surface area contributed by atoms with Crippen molar-refractivity contribution in [2.75, 3.05) is 12.4 Å². The van der Waals surface area contributed by atoms with E-state index in [1.165, 1.54) is 6.92 Å². The molecule has 0 saturated carbocycles. The molecule has 0 aliphatic heterocycles. The molecular weight excluding hydrogens is 354 g/mol. The van der Waals surface area contributed by atoms with Crippen molar-refractivity contribution in [3.63, 3.8) is 0 Å². The number of hydrogen-bond acceptors (Lipinski definition) is 5. The highest BCUT2D eigenvalue weighted by molar-refractivity contribution is 6.02. The van der Waals surface area contributed by atoms with E-state index in [1.54, 1.807) is 25.7 Å². The van der Waals surface area contributed by atoms with E-state index in [0.717, 1.165) is 39.1 Å². The highest BCUT2D eigenvalue weighted by Crippen LogP contribution is 2.38. The molecule has 0 spiro atoms. The van der Waals surface area contributed by atoms with Crippen LogP contribution in [0.2, 0.25) is 0 Å². The number of aryl methyl sites for hydroxylation is 1. The second-order valence-corrected chi connectivity index (χ2v) is 6.42. The lowest BCUT2D eigenvalue weighted by atomic mass is 10.0. The maximum absolute atomic E-state index is 11.4. The molecule has 0 aliphatic rings. The second kappa shape index (κ2) is 7.11. The van der Waals surface area contributed by atoms with Crippen molar-refractivity contribution >= 4 is 22.8 Å². The Labute approximate surface area is 161 Å². The average molecular weight is 373 g/mol. The molecule has 0 radical (unpaired) electrons. The predicted molar refractivity (Wildman–Crippen MR) is 108 cm³/mol. The van der Waals surface area contributed by atoms with Gasteiger partial charge in [0.25, 0.3) is 0 Å². The zero-order chi connectivity index (χ0) is 19.7. The molecule has 4 heterocycles. The van der Waals surface area contributed by atoms with Gasteiger partial charge in [0.2, 0.25) is 5.91 Å². The van der Waals surface area contributed by atoms with E-state index < -0.39 is 0 Å². The van der Waals surface area contributed by atoms with Crippen LogP contribution in [-0.4, -0.2) is 33.0 Å². The zero-order valence-corrected chi connectivity index (χ0v) is 15.8. The molecule has 0 unspecified atom stereocenters. The Balaban J connectivity index is 1.95. The SMILES string of the molecule is COc1ccc(-c2c(-c3ccnc(NC(C)=O)c3)[nH]c3c(C)ccnc23)nc1. The fourth-order valence-electron chi connectivity index (χ4n) is 3.16. The third kappa shape index (κ3) is 3.18. The summed E-state index contributed by atoms with van der Waals surface area (Å²) < 4.78 is 5.23. The number of nitrogens with one attached hydrogen (secondary N) is 2. The summed E-state index contributed by atoms with van der Waals surface area (Å²) in [6, 6.07) is 9.46. The Morgan fingerprint density at radius 1 is 1.11 bits per heavy atom. The lowest BCUT2D eigenvalue weighted by molar-refractivity contribution is -0.114. The first-order valence-electron chi connectivity index (χ1n) is 8.78. The van der Waals surface area contributed by atoms with Crippen LogP contribution in [0.3, 0.4) is 0 Å². The summed E-state index contributed by atoms with van der Waals surface area (Å²) in [4.78, 5) is 28.2. The molecular formula is C21H19N5O2. The first-order chi connectivity index (χ1) is 13.6. The zero-order valence-electron chi connectivity index (χ0n) is 15.8. The molecule has 7 nitrogen and oxygen atoms in total. The van der Waals surface area contributed by atoms with Crippen LogP contribution in [0.5, 0.6) is 5.75 Å². The van der Waals surface area contributed by atoms with Gasteiger partial charge in [-0.2, -0.15) is 0 Å². The number of aromatic nitrogens is 4. The van der Waals surface area contributed by atoms with E-state index in [2.05, 4.69) is 25.3 Å². The molecule has 4 rings (SSSR count). The summed E-state index contributed by atoms with van der Waals surface area (Å²) in [5.74, 6) is 1.00. The minimum atomic E-state index is -0.171. The third-order valence-electron chi connectivity index (χ3n) is 4.48. The van der Waals surface area contributed by atoms with Crippen LogP contribution in [0.25, 0.3) is 33.5 Å². The molecule has 4 aromatic rings. The molecule has 0 atom stereocenters. The fraction of sp³-hybridized carbons (Fsp3) is 0.143. The number of amides is 1. The van der Waals surface area contributed by atoms with Crippen molar-refractivity contribution in [2.45, 2.75) is 13.8 Å². The van der Waals surface area contributed by atoms with Crippen LogP contribution in [-0.2, 0) is 4.79 Å². The van der Waals surface area contributed by atoms with Gasteiger partial charge in [-0.1, -0.05) is 0 Å². The number of rotatable bonds is 4. The quantitative estimate of drug-likeness (QED) is 0.565. The van der Waals surface area contributed by atoms with Crippen LogP contribution in [0.4, 0.5) is 5.82 Å². The normalized spacial score (nSPS) is 10.8. The summed E-state index contributed by atoms with van der Waals surface area (Å²) >= 11 is 0. The van der Waals surface area contributed by atoms with Crippen molar-refractivity contribution in [3.05, 3.63) is 54.5 Å². The highest BCUT2D eigenvalue weighted by atomic mass is 16.5. The number of ether oxygens (including phenoxy) is 1. The summed E-state index contributed by atoms with van der Waals surface area (Å²) in [5.41, 5.74) is 6.28. The Morgan fingerprint density at radius 3 is 2.64 bits per heavy atom. The molecule has 0 bridgehead atoms. The first-order valence-corrected chi connectivity index (χ1v) is 8.78. The number of pyridine rings is 3. The predicted octanol–water partition coefficient (Wildman–Crippen LogP) is 3.96. The number of carbonyl (C=O) groups is 1. The van der Waals surface area contributed by atoms with Crippen molar-refractivity contribution < 1.29 is 9.53 Å². The number of carbonyl (C=O) groups excluding carboxylic acids is 1. The molecule has 1 amide bonds. The topological polar surface area (TPSA) is 92.8 Å². The van der Waals surface area contributed by atoms with Gasteiger partial charge in [0.1, 0.15) is 11.6 Å². The average Bonchev–Trinajstić information content (AvgIpc) is 3.09. The highest BCUT2D eigenvalue weighted by Gasteiger charge is 2.19. The number of nitrogens with zero attached hydrogens (tertiary/aromatic N) is 3. The van der Waals surface area contributed by atoms with Gasteiger partial charge >= 0.3 is 0 Å². The van der Waals surface area contributed by atoms with Crippen LogP contribution in [0.15, 0.2) is 48.9 Å². The van der Waals surface area contributed by atoms with Crippen molar-refractivity contribution in [2.24, 2.45) is 0 Å². The van der Waals surface area contributed by atoms with Crippen molar-refractivity contribution in [3.8, 4) is 28.3 Å². The Kier molecular flexibility index (Phi) is 4.49. The third-order valence-corrected chi connectivity index (χ3v) is 4.48. The van der Waals surface area contributed by atoms with Crippen molar-refractivity contribution in [1.82, 2.24) is 19.9 Å². The molecule has 0 aromatic carbocycles. The van der Waals surface area contributed by atoms with E-state index in [-0.39, 0.29) is 5.91 Å². The summed E-state index contributed by atoms with van der Waals surface area (Å²) in [6.45, 7) is 3.49. The molecule has 140 valence electrons. The number of fused-ring (bicyclic) bond motifs is 1. The van der Waals surface area contributed by atoms with Crippen LogP contribution < -0.4 is 10.1 Å². The van der Waals surface area contributed by atoms with Gasteiger partial charge in [-0.25, -0.2) is 4.98 Å². The van der Waals surface area contributed by atoms with Crippen molar-refractivity contribution in [1.29, 1.82) is 0 Å². The van der Waals surface area contributed by atoms with Gasteiger partial charge in [-0.3, -0.25) is 14.8 Å². The number of H-pyrrole nitrogens is 1. The molecule has 0 fully saturated rings. The van der Waals surface area contributed by atoms with Gasteiger partial charge in [0.05, 0.1) is 41.3 Å². The number of aromatic amines is 1. The molecule has 28 heavy (non-hydrogen) atoms. The van der Waals surface area contributed by atoms with Crippen LogP contribution in [0.1, 0.15) is 12.5 Å². The summed E-state index contributed by atoms with van der Waals surface area (Å²) in [6.07, 6.45) is 5.14. The van der Waals surface area contributed by atoms with Gasteiger partial charge < -0.3 is 15.0 Å². The lowest BCUT2D eigenvalue weighted by Crippen LogP contribution is -2.07. The summed E-state index contributed by atoms with van der Waals surface area (Å²) in [5, 5.41) is 2.72. The smallest absolute Gasteiger partial charge is 0.222 e. The van der Waals surface area contributed by atoms with Gasteiger partial charge in [-0.15, -0.1) is 0 Å². The van der Waals surface area contributed by atoms with E-state index in [1.807, 2.05) is 37.3 Å². The van der Waals surface area contributed by atoms with Gasteiger partial charge in [0.15, 0.2) is 0 Å². The molecule has 2 N–H and O–H groups in total. The minimum Gasteiger partial charge on any atom is -0.495 e. The first kappa shape index (κ1) is 17.7. The number of anilines is 1. The Hall–Kier alpha value is -3.74. The monoisotopic (exact) mass is 373 g/mol. The Morgan fingerprint density at radius 2 is 1.93 bits per heavy atom. The minimum absolute atomic E-state index is 0.171. The molecule has 0 saturated heterocycles. The molecule has 4 aromatic heterocycles.